The summed E-state index contributed by atoms with van der Waals surface area (Å²) in [7, 11) is 1.83. The molecular formula is C21H31N5S. The minimum absolute atomic E-state index is 0.833. The number of piperazine rings is 1. The van der Waals surface area contributed by atoms with Crippen LogP contribution in [-0.4, -0.2) is 57.2 Å². The van der Waals surface area contributed by atoms with Gasteiger partial charge < -0.3 is 15.5 Å². The number of anilines is 1. The van der Waals surface area contributed by atoms with Crippen LogP contribution in [0.15, 0.2) is 47.5 Å². The molecule has 0 amide bonds. The summed E-state index contributed by atoms with van der Waals surface area (Å²) in [6.45, 7) is 9.56. The highest BCUT2D eigenvalue weighted by atomic mass is 32.1. The van der Waals surface area contributed by atoms with Crippen molar-refractivity contribution in [2.75, 3.05) is 51.2 Å². The fourth-order valence-corrected chi connectivity index (χ4v) is 4.18. The number of aryl methyl sites for hydroxylation is 1. The van der Waals surface area contributed by atoms with Crippen LogP contribution < -0.4 is 15.5 Å². The van der Waals surface area contributed by atoms with Gasteiger partial charge in [0.05, 0.1) is 6.54 Å². The van der Waals surface area contributed by atoms with E-state index in [-0.39, 0.29) is 0 Å². The highest BCUT2D eigenvalue weighted by molar-refractivity contribution is 7.11. The fraction of sp³-hybridized carbons (Fsp3) is 0.476. The average molecular weight is 386 g/mol. The first-order valence-electron chi connectivity index (χ1n) is 9.77. The summed E-state index contributed by atoms with van der Waals surface area (Å²) >= 11 is 1.83. The van der Waals surface area contributed by atoms with Crippen LogP contribution in [-0.2, 0) is 6.54 Å². The van der Waals surface area contributed by atoms with Gasteiger partial charge in [-0.05, 0) is 44.2 Å². The second-order valence-electron chi connectivity index (χ2n) is 6.88. The summed E-state index contributed by atoms with van der Waals surface area (Å²) in [5.74, 6) is 0.884. The lowest BCUT2D eigenvalue weighted by atomic mass is 10.2. The largest absolute Gasteiger partial charge is 0.369 e. The van der Waals surface area contributed by atoms with Gasteiger partial charge in [0, 0.05) is 55.2 Å². The van der Waals surface area contributed by atoms with Crippen LogP contribution in [0.1, 0.15) is 16.2 Å². The SMILES string of the molecule is CN=C(NCCCN1CCN(c2ccccc2)CC1)NCc1ccc(C)s1. The third-order valence-electron chi connectivity index (χ3n) is 4.89. The molecule has 1 aliphatic heterocycles. The molecule has 27 heavy (non-hydrogen) atoms. The molecule has 1 saturated heterocycles. The summed E-state index contributed by atoms with van der Waals surface area (Å²) in [5.41, 5.74) is 1.34. The summed E-state index contributed by atoms with van der Waals surface area (Å²) < 4.78 is 0. The Morgan fingerprint density at radius 2 is 1.81 bits per heavy atom. The lowest BCUT2D eigenvalue weighted by molar-refractivity contribution is 0.255. The predicted molar refractivity (Wildman–Crippen MR) is 117 cm³/mol. The Morgan fingerprint density at radius 1 is 1.04 bits per heavy atom. The van der Waals surface area contributed by atoms with Gasteiger partial charge in [-0.1, -0.05) is 18.2 Å². The van der Waals surface area contributed by atoms with Crippen LogP contribution in [0.25, 0.3) is 0 Å². The maximum Gasteiger partial charge on any atom is 0.191 e. The molecule has 0 spiro atoms. The van der Waals surface area contributed by atoms with Gasteiger partial charge in [-0.3, -0.25) is 9.89 Å². The standard InChI is InChI=1S/C21H31N5S/c1-18-9-10-20(27-18)17-24-21(22-2)23-11-6-12-25-13-15-26(16-14-25)19-7-4-3-5-8-19/h3-5,7-10H,6,11-17H2,1-2H3,(H2,22,23,24). The van der Waals surface area contributed by atoms with Crippen molar-refractivity contribution in [3.05, 3.63) is 52.2 Å². The van der Waals surface area contributed by atoms with E-state index >= 15 is 0 Å². The van der Waals surface area contributed by atoms with E-state index in [0.717, 1.165) is 58.2 Å². The second-order valence-corrected chi connectivity index (χ2v) is 8.26. The molecule has 0 aliphatic carbocycles. The molecule has 0 bridgehead atoms. The third-order valence-corrected chi connectivity index (χ3v) is 5.89. The zero-order valence-electron chi connectivity index (χ0n) is 16.4. The second kappa shape index (κ2) is 10.3. The molecule has 0 atom stereocenters. The first-order chi connectivity index (χ1) is 13.2. The van der Waals surface area contributed by atoms with E-state index in [2.05, 4.69) is 74.8 Å². The van der Waals surface area contributed by atoms with Crippen molar-refractivity contribution < 1.29 is 0 Å². The first-order valence-corrected chi connectivity index (χ1v) is 10.6. The van der Waals surface area contributed by atoms with E-state index in [1.54, 1.807) is 0 Å². The zero-order chi connectivity index (χ0) is 18.9. The summed E-state index contributed by atoms with van der Waals surface area (Å²) in [5, 5.41) is 6.82. The molecule has 0 saturated carbocycles. The Hall–Kier alpha value is -2.05. The molecule has 1 aromatic heterocycles. The van der Waals surface area contributed by atoms with E-state index in [1.807, 2.05) is 18.4 Å². The van der Waals surface area contributed by atoms with Crippen molar-refractivity contribution in [2.45, 2.75) is 19.9 Å². The minimum atomic E-state index is 0.833. The molecule has 2 N–H and O–H groups in total. The highest BCUT2D eigenvalue weighted by Crippen LogP contribution is 2.15. The van der Waals surface area contributed by atoms with E-state index in [0.29, 0.717) is 0 Å². The van der Waals surface area contributed by atoms with Crippen LogP contribution in [0.5, 0.6) is 0 Å². The molecule has 1 fully saturated rings. The topological polar surface area (TPSA) is 42.9 Å². The van der Waals surface area contributed by atoms with Gasteiger partial charge in [0.2, 0.25) is 0 Å². The highest BCUT2D eigenvalue weighted by Gasteiger charge is 2.16. The summed E-state index contributed by atoms with van der Waals surface area (Å²) in [4.78, 5) is 12.0. The van der Waals surface area contributed by atoms with E-state index in [1.165, 1.54) is 15.4 Å². The maximum atomic E-state index is 4.32. The number of hydrogen-bond donors (Lipinski definition) is 2. The van der Waals surface area contributed by atoms with Crippen molar-refractivity contribution in [1.82, 2.24) is 15.5 Å². The normalized spacial score (nSPS) is 15.8. The van der Waals surface area contributed by atoms with Crippen molar-refractivity contribution in [2.24, 2.45) is 4.99 Å². The number of benzene rings is 1. The minimum Gasteiger partial charge on any atom is -0.369 e. The molecule has 6 heteroatoms. The van der Waals surface area contributed by atoms with Gasteiger partial charge in [-0.25, -0.2) is 0 Å². The Balaban J connectivity index is 1.29. The van der Waals surface area contributed by atoms with Gasteiger partial charge in [-0.15, -0.1) is 11.3 Å². The number of aliphatic imine (C=N–C) groups is 1. The predicted octanol–water partition coefficient (Wildman–Crippen LogP) is 2.93. The van der Waals surface area contributed by atoms with E-state index in [4.69, 9.17) is 0 Å². The molecule has 1 aromatic carbocycles. The Labute approximate surface area is 167 Å². The van der Waals surface area contributed by atoms with Crippen LogP contribution >= 0.6 is 11.3 Å². The number of guanidine groups is 1. The van der Waals surface area contributed by atoms with Crippen molar-refractivity contribution in [3.63, 3.8) is 0 Å². The van der Waals surface area contributed by atoms with Gasteiger partial charge in [0.1, 0.15) is 0 Å². The van der Waals surface area contributed by atoms with Crippen LogP contribution in [0.2, 0.25) is 0 Å². The van der Waals surface area contributed by atoms with Crippen LogP contribution in [0, 0.1) is 6.92 Å². The number of rotatable bonds is 7. The molecule has 0 unspecified atom stereocenters. The summed E-state index contributed by atoms with van der Waals surface area (Å²) in [6, 6.07) is 15.1. The maximum absolute atomic E-state index is 4.32. The van der Waals surface area contributed by atoms with Gasteiger partial charge in [0.25, 0.3) is 0 Å². The quantitative estimate of drug-likeness (QED) is 0.437. The van der Waals surface area contributed by atoms with Gasteiger partial charge in [-0.2, -0.15) is 0 Å². The van der Waals surface area contributed by atoms with Crippen molar-refractivity contribution in [3.8, 4) is 0 Å². The molecule has 2 heterocycles. The van der Waals surface area contributed by atoms with Gasteiger partial charge >= 0.3 is 0 Å². The van der Waals surface area contributed by atoms with Crippen molar-refractivity contribution in [1.29, 1.82) is 0 Å². The molecule has 1 aliphatic rings. The monoisotopic (exact) mass is 385 g/mol. The van der Waals surface area contributed by atoms with Crippen LogP contribution in [0.4, 0.5) is 5.69 Å². The molecule has 2 aromatic rings. The first kappa shape index (κ1) is 19.7. The molecule has 0 radical (unpaired) electrons. The number of thiophene rings is 1. The van der Waals surface area contributed by atoms with E-state index < -0.39 is 0 Å². The average Bonchev–Trinajstić information content (AvgIpc) is 3.14. The van der Waals surface area contributed by atoms with Crippen LogP contribution in [0.3, 0.4) is 0 Å². The molecule has 146 valence electrons. The number of para-hydroxylation sites is 1. The number of hydrogen-bond acceptors (Lipinski definition) is 4. The smallest absolute Gasteiger partial charge is 0.191 e. The summed E-state index contributed by atoms with van der Waals surface area (Å²) in [6.07, 6.45) is 1.13. The lowest BCUT2D eigenvalue weighted by Gasteiger charge is -2.36. The Kier molecular flexibility index (Phi) is 7.54. The Bertz CT molecular complexity index is 704. The lowest BCUT2D eigenvalue weighted by Crippen LogP contribution is -2.47. The molecule has 5 nitrogen and oxygen atoms in total. The van der Waals surface area contributed by atoms with Crippen molar-refractivity contribution >= 4 is 23.0 Å². The van der Waals surface area contributed by atoms with E-state index in [9.17, 15) is 0 Å². The Morgan fingerprint density at radius 3 is 2.48 bits per heavy atom. The molecular weight excluding hydrogens is 354 g/mol. The molecule has 3 rings (SSSR count). The zero-order valence-corrected chi connectivity index (χ0v) is 17.3. The third kappa shape index (κ3) is 6.26. The number of nitrogens with one attached hydrogen (secondary N) is 2. The number of nitrogens with zero attached hydrogens (tertiary/aromatic N) is 3. The van der Waals surface area contributed by atoms with Gasteiger partial charge in [0.15, 0.2) is 5.96 Å². The fourth-order valence-electron chi connectivity index (χ4n) is 3.35.